The van der Waals surface area contributed by atoms with Gasteiger partial charge in [0.2, 0.25) is 0 Å². The van der Waals surface area contributed by atoms with Gasteiger partial charge in [-0.1, -0.05) is 40.5 Å². The number of aromatic nitrogens is 3. The molecule has 2 bridgehead atoms. The summed E-state index contributed by atoms with van der Waals surface area (Å²) in [6, 6.07) is 0. The molecule has 0 radical (unpaired) electrons. The van der Waals surface area contributed by atoms with Crippen LogP contribution in [0.25, 0.3) is 17.3 Å². The minimum absolute atomic E-state index is 0.0214. The van der Waals surface area contributed by atoms with Gasteiger partial charge in [-0.3, -0.25) is 4.98 Å². The van der Waals surface area contributed by atoms with E-state index in [4.69, 9.17) is 27.7 Å². The van der Waals surface area contributed by atoms with Gasteiger partial charge in [0.05, 0.1) is 15.1 Å². The van der Waals surface area contributed by atoms with Crippen LogP contribution in [-0.2, 0) is 5.41 Å². The third-order valence-corrected chi connectivity index (χ3v) is 9.54. The Morgan fingerprint density at radius 3 is 2.38 bits per heavy atom. The second kappa shape index (κ2) is 8.18. The van der Waals surface area contributed by atoms with Crippen LogP contribution in [-0.4, -0.2) is 26.2 Å². The minimum Gasteiger partial charge on any atom is -0.476 e. The number of rotatable bonds is 6. The first-order chi connectivity index (χ1) is 16.4. The maximum atomic E-state index is 11.3. The summed E-state index contributed by atoms with van der Waals surface area (Å²) >= 11 is 14.4. The number of carboxylic acid groups (broad SMARTS) is 1. The van der Waals surface area contributed by atoms with Gasteiger partial charge in [-0.15, -0.1) is 11.3 Å². The Morgan fingerprint density at radius 2 is 1.79 bits per heavy atom. The molecule has 9 heteroatoms. The van der Waals surface area contributed by atoms with Crippen molar-refractivity contribution in [3.63, 3.8) is 0 Å². The number of hydrogen-bond acceptors (Lipinski definition) is 6. The summed E-state index contributed by atoms with van der Waals surface area (Å²) in [6.45, 7) is 0. The number of carboxylic acids is 1. The molecular weight excluding hydrogens is 493 g/mol. The summed E-state index contributed by atoms with van der Waals surface area (Å²) < 4.78 is 5.80. The Morgan fingerprint density at radius 1 is 1.12 bits per heavy atom. The summed E-state index contributed by atoms with van der Waals surface area (Å²) in [7, 11) is 0. The summed E-state index contributed by atoms with van der Waals surface area (Å²) in [5.41, 5.74) is 2.62. The Kier molecular flexibility index (Phi) is 5.35. The van der Waals surface area contributed by atoms with E-state index in [-0.39, 0.29) is 16.5 Å². The Balaban J connectivity index is 1.29. The van der Waals surface area contributed by atoms with Crippen LogP contribution >= 0.6 is 34.5 Å². The van der Waals surface area contributed by atoms with Crippen molar-refractivity contribution < 1.29 is 14.4 Å². The lowest BCUT2D eigenvalue weighted by Gasteiger charge is -2.51. The zero-order chi connectivity index (χ0) is 23.5. The zero-order valence-electron chi connectivity index (χ0n) is 18.4. The molecular formula is C25H23Cl2N3O3S. The molecule has 0 amide bonds. The summed E-state index contributed by atoms with van der Waals surface area (Å²) in [5.74, 6) is 0.362. The lowest BCUT2D eigenvalue weighted by molar-refractivity contribution is 0.0684. The number of hydrogen-bond donors (Lipinski definition) is 1. The van der Waals surface area contributed by atoms with Gasteiger partial charge >= 0.3 is 5.97 Å². The maximum Gasteiger partial charge on any atom is 0.355 e. The van der Waals surface area contributed by atoms with Crippen LogP contribution in [0, 0.1) is 5.41 Å². The fraction of sp³-hybridized carbons (Fsp3) is 0.440. The van der Waals surface area contributed by atoms with Crippen molar-refractivity contribution in [2.24, 2.45) is 5.41 Å². The quantitative estimate of drug-likeness (QED) is 0.368. The van der Waals surface area contributed by atoms with E-state index in [0.717, 1.165) is 67.7 Å². The Bertz CT molecular complexity index is 1270. The second-order valence-electron chi connectivity index (χ2n) is 9.88. The van der Waals surface area contributed by atoms with Crippen LogP contribution in [0.5, 0.6) is 0 Å². The molecule has 34 heavy (non-hydrogen) atoms. The van der Waals surface area contributed by atoms with Crippen LogP contribution in [0.3, 0.4) is 0 Å². The van der Waals surface area contributed by atoms with E-state index in [9.17, 15) is 9.90 Å². The highest BCUT2D eigenvalue weighted by atomic mass is 35.5. The van der Waals surface area contributed by atoms with Gasteiger partial charge in [0, 0.05) is 40.2 Å². The first kappa shape index (κ1) is 22.3. The van der Waals surface area contributed by atoms with Gasteiger partial charge in [0.1, 0.15) is 11.5 Å². The minimum atomic E-state index is -0.951. The Hall–Kier alpha value is -2.22. The molecule has 1 N–H and O–H groups in total. The fourth-order valence-corrected chi connectivity index (χ4v) is 7.22. The van der Waals surface area contributed by atoms with Crippen molar-refractivity contribution in [2.75, 3.05) is 0 Å². The highest BCUT2D eigenvalue weighted by Crippen LogP contribution is 2.59. The van der Waals surface area contributed by atoms with Crippen molar-refractivity contribution in [3.8, 4) is 11.3 Å². The largest absolute Gasteiger partial charge is 0.476 e. The number of allylic oxidation sites excluding steroid dienone is 1. The normalized spacial score (nSPS) is 26.4. The average molecular weight is 516 g/mol. The topological polar surface area (TPSA) is 89.1 Å². The molecule has 0 aliphatic heterocycles. The molecule has 7 rings (SSSR count). The van der Waals surface area contributed by atoms with Gasteiger partial charge in [0.15, 0.2) is 5.69 Å². The number of pyridine rings is 1. The molecule has 3 heterocycles. The van der Waals surface area contributed by atoms with E-state index in [1.807, 2.05) is 0 Å². The highest BCUT2D eigenvalue weighted by Gasteiger charge is 2.49. The van der Waals surface area contributed by atoms with E-state index < -0.39 is 5.97 Å². The highest BCUT2D eigenvalue weighted by molar-refractivity contribution is 7.10. The van der Waals surface area contributed by atoms with Crippen molar-refractivity contribution in [2.45, 2.75) is 62.7 Å². The molecule has 3 aromatic rings. The SMILES string of the molecule is O=C(O)c1csc(C23CCC(C=Cc4c(-c5c(Cl)cncc5Cl)noc4C4CC4)(CC2)CC3)n1. The van der Waals surface area contributed by atoms with Gasteiger partial charge in [-0.2, -0.15) is 0 Å². The van der Waals surface area contributed by atoms with E-state index in [1.54, 1.807) is 17.8 Å². The first-order valence-electron chi connectivity index (χ1n) is 11.6. The number of thiazole rings is 1. The molecule has 4 aliphatic carbocycles. The lowest BCUT2D eigenvalue weighted by atomic mass is 9.54. The molecule has 0 atom stereocenters. The number of fused-ring (bicyclic) bond motifs is 3. The molecule has 4 aliphatic rings. The van der Waals surface area contributed by atoms with Crippen LogP contribution in [0.15, 0.2) is 28.4 Å². The van der Waals surface area contributed by atoms with Gasteiger partial charge < -0.3 is 9.63 Å². The predicted molar refractivity (Wildman–Crippen MR) is 132 cm³/mol. The van der Waals surface area contributed by atoms with Crippen LogP contribution in [0.4, 0.5) is 0 Å². The van der Waals surface area contributed by atoms with Crippen LogP contribution < -0.4 is 0 Å². The molecule has 4 saturated carbocycles. The fourth-order valence-electron chi connectivity index (χ4n) is 5.59. The number of aromatic carboxylic acids is 1. The van der Waals surface area contributed by atoms with Gasteiger partial charge in [-0.05, 0) is 56.8 Å². The van der Waals surface area contributed by atoms with E-state index in [1.165, 1.54) is 11.3 Å². The lowest BCUT2D eigenvalue weighted by Crippen LogP contribution is -2.43. The number of nitrogens with zero attached hydrogens (tertiary/aromatic N) is 3. The molecule has 0 aromatic carbocycles. The van der Waals surface area contributed by atoms with Crippen LogP contribution in [0.1, 0.15) is 84.1 Å². The van der Waals surface area contributed by atoms with Crippen molar-refractivity contribution in [3.05, 3.63) is 55.9 Å². The summed E-state index contributed by atoms with van der Waals surface area (Å²) in [6.07, 6.45) is 16.1. The monoisotopic (exact) mass is 515 g/mol. The zero-order valence-corrected chi connectivity index (χ0v) is 20.7. The molecule has 6 nitrogen and oxygen atoms in total. The number of halogens is 2. The third-order valence-electron chi connectivity index (χ3n) is 7.88. The Labute approximate surface area is 211 Å². The smallest absolute Gasteiger partial charge is 0.355 e. The van der Waals surface area contributed by atoms with Crippen molar-refractivity contribution in [1.29, 1.82) is 0 Å². The van der Waals surface area contributed by atoms with Crippen molar-refractivity contribution >= 4 is 46.6 Å². The van der Waals surface area contributed by atoms with Gasteiger partial charge in [-0.25, -0.2) is 9.78 Å². The second-order valence-corrected chi connectivity index (χ2v) is 11.6. The first-order valence-corrected chi connectivity index (χ1v) is 13.2. The number of carbonyl (C=O) groups is 1. The van der Waals surface area contributed by atoms with E-state index >= 15 is 0 Å². The van der Waals surface area contributed by atoms with Crippen LogP contribution in [0.2, 0.25) is 10.0 Å². The standard InChI is InChI=1S/C25H23Cl2N3O3S/c26-16-11-28-12-17(27)19(16)20-15(21(33-30-20)14-1-2-14)3-4-24-5-8-25(9-6-24,10-7-24)23-29-18(13-34-23)22(31)32/h3-4,11-14H,1-2,5-10H2,(H,31,32). The average Bonchev–Trinajstić information content (AvgIpc) is 3.39. The maximum absolute atomic E-state index is 11.3. The van der Waals surface area contributed by atoms with Gasteiger partial charge in [0.25, 0.3) is 0 Å². The molecule has 4 fully saturated rings. The molecule has 0 unspecified atom stereocenters. The molecule has 0 spiro atoms. The van der Waals surface area contributed by atoms with E-state index in [0.29, 0.717) is 27.2 Å². The third kappa shape index (κ3) is 3.69. The molecule has 3 aromatic heterocycles. The molecule has 176 valence electrons. The van der Waals surface area contributed by atoms with E-state index in [2.05, 4.69) is 27.3 Å². The van der Waals surface area contributed by atoms with Crippen molar-refractivity contribution in [1.82, 2.24) is 15.1 Å². The summed E-state index contributed by atoms with van der Waals surface area (Å²) in [5, 5.41) is 17.2. The molecule has 0 saturated heterocycles. The summed E-state index contributed by atoms with van der Waals surface area (Å²) in [4.78, 5) is 19.8. The predicted octanol–water partition coefficient (Wildman–Crippen LogP) is 7.38.